The topological polar surface area (TPSA) is 98.5 Å². The van der Waals surface area contributed by atoms with Crippen LogP contribution in [0.3, 0.4) is 0 Å². The van der Waals surface area contributed by atoms with E-state index in [-0.39, 0.29) is 35.5 Å². The number of halogens is 1. The van der Waals surface area contributed by atoms with Gasteiger partial charge in [0.05, 0.1) is 11.1 Å². The first-order valence-corrected chi connectivity index (χ1v) is 13.5. The zero-order valence-corrected chi connectivity index (χ0v) is 22.8. The van der Waals surface area contributed by atoms with Crippen LogP contribution in [-0.4, -0.2) is 47.7 Å². The molecule has 2 N–H and O–H groups in total. The number of Topliss-reactive ketones (excluding diaryl/α,β-unsaturated/α-hetero) is 2. The van der Waals surface area contributed by atoms with E-state index in [1.807, 2.05) is 0 Å². The normalized spacial score (nSPS) is 12.5. The van der Waals surface area contributed by atoms with Gasteiger partial charge >= 0.3 is 5.97 Å². The molecule has 0 fully saturated rings. The zero-order chi connectivity index (χ0) is 28.1. The number of allylic oxidation sites excluding steroid dienone is 1. The minimum atomic E-state index is -1.01. The molecule has 38 heavy (non-hydrogen) atoms. The van der Waals surface area contributed by atoms with Crippen LogP contribution in [-0.2, 0) is 29.0 Å². The maximum Gasteiger partial charge on any atom is 0.335 e. The summed E-state index contributed by atoms with van der Waals surface area (Å²) in [6.07, 6.45) is 8.17. The van der Waals surface area contributed by atoms with Crippen molar-refractivity contribution in [3.05, 3.63) is 81.3 Å². The molecule has 2 aromatic carbocycles. The van der Waals surface area contributed by atoms with Gasteiger partial charge in [0, 0.05) is 19.4 Å². The summed E-state index contributed by atoms with van der Waals surface area (Å²) in [6.45, 7) is 6.70. The molecule has 0 atom stereocenters. The number of nitrogens with zero attached hydrogens (tertiary/aromatic N) is 1. The Bertz CT molecular complexity index is 1130. The number of rotatable bonds is 14. The van der Waals surface area contributed by atoms with E-state index >= 15 is 0 Å². The van der Waals surface area contributed by atoms with Crippen LogP contribution in [0, 0.1) is 5.82 Å². The molecule has 0 saturated carbocycles. The molecule has 3 rings (SSSR count). The lowest BCUT2D eigenvalue weighted by atomic mass is 9.87. The van der Waals surface area contributed by atoms with Gasteiger partial charge in [0.25, 0.3) is 0 Å². The van der Waals surface area contributed by atoms with Gasteiger partial charge in [0.2, 0.25) is 0 Å². The summed E-state index contributed by atoms with van der Waals surface area (Å²) in [5.74, 6) is -2.03. The lowest BCUT2D eigenvalue weighted by Crippen LogP contribution is -2.27. The van der Waals surface area contributed by atoms with Crippen molar-refractivity contribution in [3.63, 3.8) is 0 Å². The maximum absolute atomic E-state index is 13.7. The predicted octanol–water partition coefficient (Wildman–Crippen LogP) is 6.70. The number of carbonyl (C=O) groups is 3. The molecule has 0 spiro atoms. The lowest BCUT2D eigenvalue weighted by Gasteiger charge is -2.24. The van der Waals surface area contributed by atoms with Crippen molar-refractivity contribution in [1.82, 2.24) is 4.90 Å². The van der Waals surface area contributed by atoms with Crippen LogP contribution < -0.4 is 0 Å². The Kier molecular flexibility index (Phi) is 13.0. The molecule has 1 aliphatic carbocycles. The molecule has 0 heterocycles. The molecule has 0 aromatic heterocycles. The molecule has 0 bridgehead atoms. The molecule has 1 aliphatic rings. The van der Waals surface area contributed by atoms with Crippen LogP contribution in [0.2, 0.25) is 0 Å². The summed E-state index contributed by atoms with van der Waals surface area (Å²) >= 11 is 0. The molecule has 0 amide bonds. The van der Waals surface area contributed by atoms with E-state index in [1.165, 1.54) is 31.3 Å². The minimum Gasteiger partial charge on any atom is -0.680 e. The number of aromatic carboxylic acids is 1. The van der Waals surface area contributed by atoms with Gasteiger partial charge in [-0.2, -0.15) is 7.05 Å². The average molecular weight is 524 g/mol. The second-order valence-electron chi connectivity index (χ2n) is 9.58. The molecule has 206 valence electrons. The van der Waals surface area contributed by atoms with Crippen molar-refractivity contribution >= 4 is 23.6 Å². The van der Waals surface area contributed by atoms with Gasteiger partial charge in [-0.1, -0.05) is 51.7 Å². The third kappa shape index (κ3) is 8.99. The molecule has 7 heteroatoms. The van der Waals surface area contributed by atoms with Gasteiger partial charge in [-0.3, -0.25) is 14.5 Å². The third-order valence-electron chi connectivity index (χ3n) is 6.71. The highest BCUT2D eigenvalue weighted by atomic mass is 19.1. The predicted molar refractivity (Wildman–Crippen MR) is 150 cm³/mol. The number of hydrogen-bond donors (Lipinski definition) is 1. The monoisotopic (exact) mass is 523 g/mol. The molecule has 0 unspecified atom stereocenters. The van der Waals surface area contributed by atoms with Crippen LogP contribution in [0.15, 0.2) is 42.0 Å². The van der Waals surface area contributed by atoms with Crippen molar-refractivity contribution < 1.29 is 23.9 Å². The molecular weight excluding hydrogens is 483 g/mol. The third-order valence-corrected chi connectivity index (χ3v) is 6.71. The van der Waals surface area contributed by atoms with Gasteiger partial charge in [0.1, 0.15) is 5.82 Å². The summed E-state index contributed by atoms with van der Waals surface area (Å²) in [7, 11) is 1.25. The van der Waals surface area contributed by atoms with E-state index < -0.39 is 11.8 Å². The largest absolute Gasteiger partial charge is 0.680 e. The zero-order valence-electron chi connectivity index (χ0n) is 22.8. The van der Waals surface area contributed by atoms with Crippen molar-refractivity contribution in [2.75, 3.05) is 20.1 Å². The second kappa shape index (κ2) is 15.9. The Labute approximate surface area is 225 Å². The summed E-state index contributed by atoms with van der Waals surface area (Å²) in [4.78, 5) is 39.9. The number of carbonyl (C=O) groups excluding carboxylic acids is 2. The fraction of sp³-hybridized carbons (Fsp3) is 0.452. The standard InChI is InChI=1S/C30H36FNO4.CH4N/c1-3-5-7-13-32(14-8-6-4-2)20-25-15-23(30(35)36)10-9-22(25)19-29(34)27-17-24-16-26(31)12-11-21(24)18-28(27)33;1-2/h9-12,15-17H,3-8,13-14,18-20H2,1-2H3,(H,35,36);2H,1H3/q;-1. The number of carboxylic acid groups (broad SMARTS) is 1. The Hall–Kier alpha value is -3.16. The summed E-state index contributed by atoms with van der Waals surface area (Å²) in [5, 5.41) is 9.55. The van der Waals surface area contributed by atoms with Crippen molar-refractivity contribution in [2.24, 2.45) is 0 Å². The van der Waals surface area contributed by atoms with Gasteiger partial charge in [-0.15, -0.1) is 0 Å². The van der Waals surface area contributed by atoms with E-state index in [9.17, 15) is 23.9 Å². The van der Waals surface area contributed by atoms with Gasteiger partial charge in [0.15, 0.2) is 11.6 Å². The number of unbranched alkanes of at least 4 members (excludes halogenated alkanes) is 4. The van der Waals surface area contributed by atoms with E-state index in [0.717, 1.165) is 62.7 Å². The smallest absolute Gasteiger partial charge is 0.335 e. The van der Waals surface area contributed by atoms with Crippen LogP contribution in [0.4, 0.5) is 4.39 Å². The number of benzene rings is 2. The van der Waals surface area contributed by atoms with E-state index in [2.05, 4.69) is 18.7 Å². The number of nitrogens with one attached hydrogen (secondary N) is 1. The lowest BCUT2D eigenvalue weighted by molar-refractivity contribution is -0.120. The number of fused-ring (bicyclic) bond motifs is 1. The fourth-order valence-corrected chi connectivity index (χ4v) is 4.63. The second-order valence-corrected chi connectivity index (χ2v) is 9.58. The quantitative estimate of drug-likeness (QED) is 0.220. The van der Waals surface area contributed by atoms with Gasteiger partial charge in [-0.05, 0) is 78.5 Å². The van der Waals surface area contributed by atoms with Crippen LogP contribution in [0.1, 0.15) is 85.0 Å². The first-order valence-electron chi connectivity index (χ1n) is 13.5. The molecule has 6 nitrogen and oxygen atoms in total. The van der Waals surface area contributed by atoms with Crippen LogP contribution in [0.25, 0.3) is 11.8 Å². The van der Waals surface area contributed by atoms with Crippen molar-refractivity contribution in [2.45, 2.75) is 71.8 Å². The minimum absolute atomic E-state index is 0.00475. The first-order chi connectivity index (χ1) is 18.3. The highest BCUT2D eigenvalue weighted by molar-refractivity contribution is 6.25. The van der Waals surface area contributed by atoms with E-state index in [4.69, 9.17) is 5.73 Å². The Morgan fingerprint density at radius 2 is 1.61 bits per heavy atom. The van der Waals surface area contributed by atoms with Gasteiger partial charge < -0.3 is 10.8 Å². The molecule has 0 aliphatic heterocycles. The Morgan fingerprint density at radius 3 is 2.21 bits per heavy atom. The summed E-state index contributed by atoms with van der Waals surface area (Å²) in [5.41, 5.74) is 8.78. The van der Waals surface area contributed by atoms with Gasteiger partial charge in [-0.25, -0.2) is 9.18 Å². The van der Waals surface area contributed by atoms with Crippen molar-refractivity contribution in [1.29, 1.82) is 0 Å². The summed E-state index contributed by atoms with van der Waals surface area (Å²) in [6, 6.07) is 9.08. The summed E-state index contributed by atoms with van der Waals surface area (Å²) < 4.78 is 13.7. The molecule has 0 radical (unpaired) electrons. The number of hydrogen-bond acceptors (Lipinski definition) is 4. The van der Waals surface area contributed by atoms with Crippen LogP contribution in [0.5, 0.6) is 0 Å². The number of carboxylic acids is 1. The molecular formula is C31H40FN2O4-. The van der Waals surface area contributed by atoms with E-state index in [0.29, 0.717) is 17.7 Å². The molecule has 2 aromatic rings. The highest BCUT2D eigenvalue weighted by Gasteiger charge is 2.25. The SMILES string of the molecule is CCCCCN(CCCCC)Cc1cc(C(=O)O)ccc1CC(=O)C1=Cc2cc(F)ccc2CC1=O.C[NH-]. The Morgan fingerprint density at radius 1 is 0.947 bits per heavy atom. The number of ketones is 2. The molecule has 0 saturated heterocycles. The maximum atomic E-state index is 13.7. The van der Waals surface area contributed by atoms with E-state index in [1.54, 1.807) is 18.2 Å². The van der Waals surface area contributed by atoms with Crippen molar-refractivity contribution in [3.8, 4) is 0 Å². The highest BCUT2D eigenvalue weighted by Crippen LogP contribution is 2.25. The Balaban J connectivity index is 0.00000247. The first kappa shape index (κ1) is 31.1. The van der Waals surface area contributed by atoms with Crippen LogP contribution >= 0.6 is 0 Å². The fourth-order valence-electron chi connectivity index (χ4n) is 4.63. The average Bonchev–Trinajstić information content (AvgIpc) is 2.90.